The van der Waals surface area contributed by atoms with Crippen LogP contribution >= 0.6 is 0 Å². The Morgan fingerprint density at radius 1 is 0.820 bits per heavy atom. The minimum Gasteiger partial charge on any atom is -0.470 e. The first-order chi connectivity index (χ1) is 22.9. The summed E-state index contributed by atoms with van der Waals surface area (Å²) >= 11 is 0. The van der Waals surface area contributed by atoms with Crippen molar-refractivity contribution >= 4 is 27.8 Å². The van der Waals surface area contributed by atoms with Crippen LogP contribution in [0.2, 0.25) is 36.3 Å². The molecule has 14 heteroatoms. The van der Waals surface area contributed by atoms with Gasteiger partial charge in [0, 0.05) is 12.5 Å². The van der Waals surface area contributed by atoms with Gasteiger partial charge in [-0.2, -0.15) is 4.98 Å². The molecule has 12 nitrogen and oxygen atoms in total. The molecular weight excluding hydrogens is 673 g/mol. The minimum atomic E-state index is -2.04. The molecule has 0 unspecified atom stereocenters. The lowest BCUT2D eigenvalue weighted by Crippen LogP contribution is -2.46. The Kier molecular flexibility index (Phi) is 9.81. The van der Waals surface area contributed by atoms with Crippen molar-refractivity contribution in [3.05, 3.63) is 12.7 Å². The Morgan fingerprint density at radius 2 is 1.42 bits per heavy atom. The van der Waals surface area contributed by atoms with Gasteiger partial charge in [0.1, 0.15) is 36.8 Å². The van der Waals surface area contributed by atoms with Crippen LogP contribution in [0.15, 0.2) is 12.7 Å². The van der Waals surface area contributed by atoms with Crippen LogP contribution in [-0.4, -0.2) is 97.6 Å². The monoisotopic (exact) mass is 734 g/mol. The molecule has 4 aliphatic rings. The van der Waals surface area contributed by atoms with Gasteiger partial charge in [-0.3, -0.25) is 4.57 Å². The van der Waals surface area contributed by atoms with Crippen molar-refractivity contribution in [2.75, 3.05) is 13.2 Å². The third-order valence-electron chi connectivity index (χ3n) is 12.6. The van der Waals surface area contributed by atoms with Crippen molar-refractivity contribution in [3.8, 4) is 5.88 Å². The zero-order valence-electron chi connectivity index (χ0n) is 33.0. The number of fused-ring (bicyclic) bond motifs is 3. The van der Waals surface area contributed by atoms with Crippen LogP contribution in [0.4, 0.5) is 0 Å². The van der Waals surface area contributed by atoms with Crippen LogP contribution in [0.1, 0.15) is 88.8 Å². The highest BCUT2D eigenvalue weighted by atomic mass is 28.4. The maximum atomic E-state index is 6.82. The molecule has 1 aliphatic carbocycles. The number of ether oxygens (including phenoxy) is 6. The summed E-state index contributed by atoms with van der Waals surface area (Å²) in [6.45, 7) is 33.9. The summed E-state index contributed by atoms with van der Waals surface area (Å²) in [5.41, 5.74) is 1.15. The molecule has 50 heavy (non-hydrogen) atoms. The average Bonchev–Trinajstić information content (AvgIpc) is 3.77. The fourth-order valence-corrected chi connectivity index (χ4v) is 10.7. The van der Waals surface area contributed by atoms with E-state index in [1.54, 1.807) is 6.33 Å². The molecule has 3 aliphatic heterocycles. The normalized spacial score (nSPS) is 32.6. The van der Waals surface area contributed by atoms with Gasteiger partial charge in [-0.15, -0.1) is 0 Å². The molecule has 3 saturated heterocycles. The highest BCUT2D eigenvalue weighted by molar-refractivity contribution is 6.74. The zero-order chi connectivity index (χ0) is 36.8. The molecule has 0 spiro atoms. The summed E-state index contributed by atoms with van der Waals surface area (Å²) in [5.74, 6) is -0.443. The minimum absolute atomic E-state index is 0.0748. The second kappa shape index (κ2) is 12.8. The van der Waals surface area contributed by atoms with Crippen LogP contribution in [0.5, 0.6) is 5.88 Å². The van der Waals surface area contributed by atoms with E-state index in [0.29, 0.717) is 36.2 Å². The van der Waals surface area contributed by atoms with E-state index in [9.17, 15) is 0 Å². The maximum Gasteiger partial charge on any atom is 0.245 e. The summed E-state index contributed by atoms with van der Waals surface area (Å²) in [5, 5.41) is 0.191. The Morgan fingerprint density at radius 3 is 2.06 bits per heavy atom. The van der Waals surface area contributed by atoms with Gasteiger partial charge in [0.2, 0.25) is 5.88 Å². The van der Waals surface area contributed by atoms with E-state index in [1.807, 2.05) is 32.3 Å². The molecule has 2 aromatic heterocycles. The summed E-state index contributed by atoms with van der Waals surface area (Å²) in [7, 11) is -4.06. The molecule has 0 bridgehead atoms. The molecule has 2 aromatic rings. The Hall–Kier alpha value is -1.50. The number of hydrogen-bond acceptors (Lipinski definition) is 11. The predicted molar refractivity (Wildman–Crippen MR) is 195 cm³/mol. The van der Waals surface area contributed by atoms with E-state index in [2.05, 4.69) is 84.6 Å². The molecule has 0 N–H and O–H groups in total. The molecular formula is C36H62N4O8Si2. The van der Waals surface area contributed by atoms with Gasteiger partial charge < -0.3 is 37.3 Å². The van der Waals surface area contributed by atoms with Gasteiger partial charge in [-0.25, -0.2) is 9.97 Å². The van der Waals surface area contributed by atoms with E-state index in [-0.39, 0.29) is 52.6 Å². The van der Waals surface area contributed by atoms with Crippen LogP contribution in [0.3, 0.4) is 0 Å². The molecule has 0 aromatic carbocycles. The van der Waals surface area contributed by atoms with E-state index >= 15 is 0 Å². The second-order valence-electron chi connectivity index (χ2n) is 18.6. The molecule has 0 amide bonds. The molecule has 282 valence electrons. The lowest BCUT2D eigenvalue weighted by molar-refractivity contribution is -0.199. The number of rotatable bonds is 11. The molecule has 1 saturated carbocycles. The lowest BCUT2D eigenvalue weighted by atomic mass is 9.99. The van der Waals surface area contributed by atoms with Crippen LogP contribution in [0, 0.1) is 11.8 Å². The molecule has 8 atom stereocenters. The fourth-order valence-electron chi connectivity index (χ4n) is 7.28. The predicted octanol–water partition coefficient (Wildman–Crippen LogP) is 7.21. The number of nitrogens with zero attached hydrogens (tertiary/aromatic N) is 4. The quantitative estimate of drug-likeness (QED) is 0.218. The average molecular weight is 735 g/mol. The van der Waals surface area contributed by atoms with Gasteiger partial charge in [-0.05, 0) is 76.3 Å². The van der Waals surface area contributed by atoms with E-state index in [4.69, 9.17) is 42.3 Å². The first kappa shape index (κ1) is 38.2. The summed E-state index contributed by atoms with van der Waals surface area (Å²) in [4.78, 5) is 14.0. The van der Waals surface area contributed by atoms with E-state index < -0.39 is 34.4 Å². The Labute approximate surface area is 300 Å². The van der Waals surface area contributed by atoms with Gasteiger partial charge in [0.05, 0.1) is 19.0 Å². The number of aromatic nitrogens is 4. The number of hydrogen-bond donors (Lipinski definition) is 0. The fraction of sp³-hybridized carbons (Fsp3) is 0.861. The van der Waals surface area contributed by atoms with Gasteiger partial charge in [-0.1, -0.05) is 48.5 Å². The summed E-state index contributed by atoms with van der Waals surface area (Å²) < 4.78 is 54.4. The molecule has 0 radical (unpaired) electrons. The SMILES string of the molecule is CC(C)C(C)(C)[Si](C)(C)OC[C@H]1C[C@@H](Oc2ncnc3c2ncn3[C@@H]2O[C@H](CO[Si](C)(C)C(C)(C)C)[C@H]3OC(C)(C)O[C@H]32)[C@@H]2OC(C)(C)O[C@H]12. The maximum absolute atomic E-state index is 6.82. The van der Waals surface area contributed by atoms with Crippen molar-refractivity contribution < 1.29 is 37.3 Å². The highest BCUT2D eigenvalue weighted by Crippen LogP contribution is 2.48. The number of imidazole rings is 1. The second-order valence-corrected chi connectivity index (χ2v) is 28.0. The first-order valence-corrected chi connectivity index (χ1v) is 24.2. The third kappa shape index (κ3) is 6.97. The molecule has 4 fully saturated rings. The Bertz CT molecular complexity index is 1540. The van der Waals surface area contributed by atoms with Crippen LogP contribution < -0.4 is 4.74 Å². The first-order valence-electron chi connectivity index (χ1n) is 18.4. The summed E-state index contributed by atoms with van der Waals surface area (Å²) in [6, 6.07) is 0. The van der Waals surface area contributed by atoms with Gasteiger partial charge in [0.25, 0.3) is 0 Å². The van der Waals surface area contributed by atoms with Crippen molar-refractivity contribution in [2.45, 2.75) is 173 Å². The largest absolute Gasteiger partial charge is 0.470 e. The van der Waals surface area contributed by atoms with Crippen molar-refractivity contribution in [2.24, 2.45) is 11.8 Å². The van der Waals surface area contributed by atoms with Crippen molar-refractivity contribution in [1.82, 2.24) is 19.5 Å². The topological polar surface area (TPSA) is 117 Å². The van der Waals surface area contributed by atoms with Gasteiger partial charge >= 0.3 is 0 Å². The standard InChI is InChI=1S/C36H62N4O8Si2/c1-21(2)34(6,7)50(14,15)41-17-22-16-23(27-26(22)45-35(8,9)46-27)43-31-25-30(37-19-38-31)40(20-39-25)32-29-28(47-36(10,11)48-29)24(44-32)18-42-49(12,13)33(3,4)5/h19-24,26-29,32H,16-18H2,1-15H3/t22-,23-,24-,26-,27+,28-,29-,32-/m1/s1. The lowest BCUT2D eigenvalue weighted by Gasteiger charge is -2.43. The Balaban J connectivity index is 1.22. The van der Waals surface area contributed by atoms with Crippen molar-refractivity contribution in [3.63, 3.8) is 0 Å². The molecule has 5 heterocycles. The third-order valence-corrected chi connectivity index (χ3v) is 21.7. The summed E-state index contributed by atoms with van der Waals surface area (Å²) in [6.07, 6.45) is 1.76. The van der Waals surface area contributed by atoms with Crippen LogP contribution in [-0.2, 0) is 32.5 Å². The van der Waals surface area contributed by atoms with E-state index in [0.717, 1.165) is 6.42 Å². The highest BCUT2D eigenvalue weighted by Gasteiger charge is 2.58. The van der Waals surface area contributed by atoms with Crippen LogP contribution in [0.25, 0.3) is 11.2 Å². The van der Waals surface area contributed by atoms with Gasteiger partial charge in [0.15, 0.2) is 45.6 Å². The van der Waals surface area contributed by atoms with E-state index in [1.165, 1.54) is 6.33 Å². The van der Waals surface area contributed by atoms with Crippen molar-refractivity contribution in [1.29, 1.82) is 0 Å². The zero-order valence-corrected chi connectivity index (χ0v) is 35.0. The smallest absolute Gasteiger partial charge is 0.245 e. The molecule has 6 rings (SSSR count).